The summed E-state index contributed by atoms with van der Waals surface area (Å²) in [5, 5.41) is 9.58. The second-order valence-corrected chi connectivity index (χ2v) is 4.70. The molecule has 0 saturated heterocycles. The third-order valence-corrected chi connectivity index (χ3v) is 3.04. The van der Waals surface area contributed by atoms with Crippen LogP contribution in [0.4, 0.5) is 0 Å². The number of ether oxygens (including phenoxy) is 1. The summed E-state index contributed by atoms with van der Waals surface area (Å²) >= 11 is 5.78. The van der Waals surface area contributed by atoms with Crippen molar-refractivity contribution in [2.75, 3.05) is 0 Å². The zero-order chi connectivity index (χ0) is 15.1. The second-order valence-electron chi connectivity index (χ2n) is 4.26. The van der Waals surface area contributed by atoms with E-state index in [1.165, 1.54) is 6.08 Å². The first kappa shape index (κ1) is 14.8. The van der Waals surface area contributed by atoms with Crippen molar-refractivity contribution in [2.24, 2.45) is 0 Å². The Morgan fingerprint density at radius 2 is 1.90 bits per heavy atom. The largest absolute Gasteiger partial charge is 0.458 e. The Bertz CT molecular complexity index is 699. The lowest BCUT2D eigenvalue weighted by atomic mass is 10.1. The highest BCUT2D eigenvalue weighted by molar-refractivity contribution is 6.30. The van der Waals surface area contributed by atoms with Gasteiger partial charge in [-0.2, -0.15) is 5.26 Å². The molecule has 104 valence electrons. The average molecular weight is 298 g/mol. The summed E-state index contributed by atoms with van der Waals surface area (Å²) < 4.78 is 5.11. The van der Waals surface area contributed by atoms with Crippen molar-refractivity contribution in [3.63, 3.8) is 0 Å². The van der Waals surface area contributed by atoms with E-state index in [0.717, 1.165) is 5.56 Å². The molecule has 0 atom stereocenters. The van der Waals surface area contributed by atoms with Crippen LogP contribution in [0.25, 0.3) is 6.08 Å². The summed E-state index contributed by atoms with van der Waals surface area (Å²) in [5.74, 6) is -0.460. The van der Waals surface area contributed by atoms with Crippen molar-refractivity contribution in [3.8, 4) is 6.07 Å². The SMILES string of the molecule is N#Cc1ccccc1COC(=O)C=Cc1ccc(Cl)cc1. The number of hydrogen-bond donors (Lipinski definition) is 0. The number of nitriles is 1. The molecule has 2 rings (SSSR count). The van der Waals surface area contributed by atoms with Gasteiger partial charge in [-0.15, -0.1) is 0 Å². The van der Waals surface area contributed by atoms with E-state index in [0.29, 0.717) is 16.1 Å². The minimum Gasteiger partial charge on any atom is -0.458 e. The van der Waals surface area contributed by atoms with Crippen molar-refractivity contribution < 1.29 is 9.53 Å². The van der Waals surface area contributed by atoms with Gasteiger partial charge in [0.25, 0.3) is 0 Å². The van der Waals surface area contributed by atoms with Crippen LogP contribution in [0, 0.1) is 11.3 Å². The van der Waals surface area contributed by atoms with Crippen LogP contribution in [0.3, 0.4) is 0 Å². The van der Waals surface area contributed by atoms with E-state index >= 15 is 0 Å². The maximum Gasteiger partial charge on any atom is 0.331 e. The predicted octanol–water partition coefficient (Wildman–Crippen LogP) is 3.97. The predicted molar refractivity (Wildman–Crippen MR) is 81.4 cm³/mol. The molecular formula is C17H12ClNO2. The van der Waals surface area contributed by atoms with Crippen molar-refractivity contribution in [2.45, 2.75) is 6.61 Å². The van der Waals surface area contributed by atoms with Crippen molar-refractivity contribution >= 4 is 23.6 Å². The highest BCUT2D eigenvalue weighted by atomic mass is 35.5. The van der Waals surface area contributed by atoms with Crippen molar-refractivity contribution in [1.82, 2.24) is 0 Å². The van der Waals surface area contributed by atoms with Gasteiger partial charge in [0.15, 0.2) is 0 Å². The van der Waals surface area contributed by atoms with Crippen LogP contribution in [0.5, 0.6) is 0 Å². The fourth-order valence-electron chi connectivity index (χ4n) is 1.69. The molecule has 2 aromatic carbocycles. The summed E-state index contributed by atoms with van der Waals surface area (Å²) in [7, 11) is 0. The molecule has 0 aliphatic carbocycles. The van der Waals surface area contributed by atoms with Gasteiger partial charge >= 0.3 is 5.97 Å². The van der Waals surface area contributed by atoms with Crippen LogP contribution in [-0.4, -0.2) is 5.97 Å². The van der Waals surface area contributed by atoms with Gasteiger partial charge in [0.1, 0.15) is 6.61 Å². The van der Waals surface area contributed by atoms with Crippen LogP contribution in [0.1, 0.15) is 16.7 Å². The lowest BCUT2D eigenvalue weighted by molar-refractivity contribution is -0.138. The van der Waals surface area contributed by atoms with Gasteiger partial charge in [-0.25, -0.2) is 4.79 Å². The fraction of sp³-hybridized carbons (Fsp3) is 0.0588. The third kappa shape index (κ3) is 4.48. The van der Waals surface area contributed by atoms with Crippen molar-refractivity contribution in [1.29, 1.82) is 5.26 Å². The molecule has 0 fully saturated rings. The normalized spacial score (nSPS) is 10.3. The molecular weight excluding hydrogens is 286 g/mol. The van der Waals surface area contributed by atoms with E-state index < -0.39 is 5.97 Å². The van der Waals surface area contributed by atoms with Crippen LogP contribution in [0.2, 0.25) is 5.02 Å². The zero-order valence-corrected chi connectivity index (χ0v) is 11.9. The van der Waals surface area contributed by atoms with E-state index in [9.17, 15) is 4.79 Å². The first-order valence-corrected chi connectivity index (χ1v) is 6.65. The molecule has 3 nitrogen and oxygen atoms in total. The van der Waals surface area contributed by atoms with Crippen molar-refractivity contribution in [3.05, 3.63) is 76.3 Å². The molecule has 0 radical (unpaired) electrons. The molecule has 0 saturated carbocycles. The number of nitrogens with zero attached hydrogens (tertiary/aromatic N) is 1. The Labute approximate surface area is 128 Å². The van der Waals surface area contributed by atoms with Gasteiger partial charge in [0.2, 0.25) is 0 Å². The zero-order valence-electron chi connectivity index (χ0n) is 11.1. The first-order chi connectivity index (χ1) is 10.2. The van der Waals surface area contributed by atoms with E-state index in [-0.39, 0.29) is 6.61 Å². The van der Waals surface area contributed by atoms with E-state index in [1.54, 1.807) is 54.6 Å². The molecule has 0 aliphatic rings. The highest BCUT2D eigenvalue weighted by Gasteiger charge is 2.03. The minimum absolute atomic E-state index is 0.0769. The monoisotopic (exact) mass is 297 g/mol. The molecule has 0 bridgehead atoms. The van der Waals surface area contributed by atoms with E-state index in [2.05, 4.69) is 6.07 Å². The van der Waals surface area contributed by atoms with Gasteiger partial charge in [-0.05, 0) is 29.8 Å². The van der Waals surface area contributed by atoms with Gasteiger partial charge in [-0.1, -0.05) is 41.9 Å². The Morgan fingerprint density at radius 1 is 1.19 bits per heavy atom. The summed E-state index contributed by atoms with van der Waals surface area (Å²) in [4.78, 5) is 11.6. The lowest BCUT2D eigenvalue weighted by Gasteiger charge is -2.03. The minimum atomic E-state index is -0.460. The van der Waals surface area contributed by atoms with Crippen LogP contribution < -0.4 is 0 Å². The number of hydrogen-bond acceptors (Lipinski definition) is 3. The average Bonchev–Trinajstić information content (AvgIpc) is 2.52. The Balaban J connectivity index is 1.93. The Kier molecular flexibility index (Phi) is 5.14. The number of carbonyl (C=O) groups excluding carboxylic acids is 1. The van der Waals surface area contributed by atoms with Gasteiger partial charge in [-0.3, -0.25) is 0 Å². The van der Waals surface area contributed by atoms with Crippen LogP contribution >= 0.6 is 11.6 Å². The van der Waals surface area contributed by atoms with Gasteiger partial charge in [0.05, 0.1) is 11.6 Å². The van der Waals surface area contributed by atoms with E-state index in [4.69, 9.17) is 21.6 Å². The number of carbonyl (C=O) groups is 1. The summed E-state index contributed by atoms with van der Waals surface area (Å²) in [6, 6.07) is 16.2. The molecule has 4 heteroatoms. The summed E-state index contributed by atoms with van der Waals surface area (Å²) in [5.41, 5.74) is 2.05. The molecule has 0 heterocycles. The molecule has 2 aromatic rings. The smallest absolute Gasteiger partial charge is 0.331 e. The molecule has 0 aromatic heterocycles. The lowest BCUT2D eigenvalue weighted by Crippen LogP contribution is -2.02. The second kappa shape index (κ2) is 7.28. The first-order valence-electron chi connectivity index (χ1n) is 6.27. The third-order valence-electron chi connectivity index (χ3n) is 2.79. The standard InChI is InChI=1S/C17H12ClNO2/c18-16-8-5-13(6-9-16)7-10-17(20)21-12-15-4-2-1-3-14(15)11-19/h1-10H,12H2. The Hall–Kier alpha value is -2.57. The Morgan fingerprint density at radius 3 is 2.62 bits per heavy atom. The molecule has 21 heavy (non-hydrogen) atoms. The number of benzene rings is 2. The molecule has 0 unspecified atom stereocenters. The van der Waals surface area contributed by atoms with Crippen LogP contribution in [-0.2, 0) is 16.1 Å². The molecule has 0 aliphatic heterocycles. The van der Waals surface area contributed by atoms with E-state index in [1.807, 2.05) is 0 Å². The summed E-state index contributed by atoms with van der Waals surface area (Å²) in [6.07, 6.45) is 2.99. The maximum atomic E-state index is 11.6. The topological polar surface area (TPSA) is 50.1 Å². The number of rotatable bonds is 4. The molecule has 0 N–H and O–H groups in total. The number of halogens is 1. The highest BCUT2D eigenvalue weighted by Crippen LogP contribution is 2.11. The summed E-state index contributed by atoms with van der Waals surface area (Å²) in [6.45, 7) is 0.0769. The van der Waals surface area contributed by atoms with Crippen LogP contribution in [0.15, 0.2) is 54.6 Å². The fourth-order valence-corrected chi connectivity index (χ4v) is 1.82. The van der Waals surface area contributed by atoms with Gasteiger partial charge < -0.3 is 4.74 Å². The van der Waals surface area contributed by atoms with Gasteiger partial charge in [0, 0.05) is 16.7 Å². The molecule has 0 amide bonds. The quantitative estimate of drug-likeness (QED) is 0.634. The maximum absolute atomic E-state index is 11.6. The molecule has 0 spiro atoms. The number of esters is 1.